The number of thiophene rings is 1. The SMILES string of the molecule is CCNCC1COCCN1c1ncnc2sc(CC)cc12. The van der Waals surface area contributed by atoms with Crippen LogP contribution in [0.5, 0.6) is 0 Å². The number of hydrogen-bond acceptors (Lipinski definition) is 6. The van der Waals surface area contributed by atoms with E-state index in [4.69, 9.17) is 4.74 Å². The van der Waals surface area contributed by atoms with Crippen LogP contribution in [0.25, 0.3) is 10.2 Å². The number of anilines is 1. The highest BCUT2D eigenvalue weighted by Gasteiger charge is 2.25. The standard InChI is InChI=1S/C15H22N4OS/c1-3-12-7-13-14(17-10-18-15(13)21-12)19-5-6-20-9-11(19)8-16-4-2/h7,10-11,16H,3-6,8-9H2,1-2H3. The predicted molar refractivity (Wildman–Crippen MR) is 87.3 cm³/mol. The zero-order chi connectivity index (χ0) is 14.7. The van der Waals surface area contributed by atoms with Crippen molar-refractivity contribution < 1.29 is 4.74 Å². The fourth-order valence-corrected chi connectivity index (χ4v) is 3.64. The van der Waals surface area contributed by atoms with Crippen molar-refractivity contribution in [2.45, 2.75) is 26.3 Å². The Morgan fingerprint density at radius 3 is 3.14 bits per heavy atom. The van der Waals surface area contributed by atoms with E-state index in [-0.39, 0.29) is 0 Å². The summed E-state index contributed by atoms with van der Waals surface area (Å²) in [6.45, 7) is 8.61. The molecule has 0 spiro atoms. The normalized spacial score (nSPS) is 19.3. The van der Waals surface area contributed by atoms with Crippen molar-refractivity contribution in [2.75, 3.05) is 37.7 Å². The molecule has 2 aromatic heterocycles. The number of nitrogens with zero attached hydrogens (tertiary/aromatic N) is 3. The Bertz CT molecular complexity index is 600. The van der Waals surface area contributed by atoms with Gasteiger partial charge in [-0.2, -0.15) is 0 Å². The van der Waals surface area contributed by atoms with Crippen molar-refractivity contribution in [1.29, 1.82) is 0 Å². The molecular formula is C15H22N4OS. The summed E-state index contributed by atoms with van der Waals surface area (Å²) in [5.41, 5.74) is 0. The smallest absolute Gasteiger partial charge is 0.141 e. The molecule has 3 rings (SSSR count). The molecule has 6 heteroatoms. The van der Waals surface area contributed by atoms with Gasteiger partial charge in [0.2, 0.25) is 0 Å². The average Bonchev–Trinajstić information content (AvgIpc) is 2.96. The van der Waals surface area contributed by atoms with E-state index >= 15 is 0 Å². The molecule has 1 unspecified atom stereocenters. The van der Waals surface area contributed by atoms with E-state index in [1.807, 2.05) is 0 Å². The molecule has 0 bridgehead atoms. The van der Waals surface area contributed by atoms with Crippen molar-refractivity contribution in [3.05, 3.63) is 17.3 Å². The lowest BCUT2D eigenvalue weighted by Crippen LogP contribution is -2.51. The lowest BCUT2D eigenvalue weighted by Gasteiger charge is -2.36. The van der Waals surface area contributed by atoms with E-state index < -0.39 is 0 Å². The molecule has 1 aliphatic rings. The summed E-state index contributed by atoms with van der Waals surface area (Å²) >= 11 is 1.77. The lowest BCUT2D eigenvalue weighted by atomic mass is 10.2. The molecule has 0 amide bonds. The number of rotatable bonds is 5. The highest BCUT2D eigenvalue weighted by molar-refractivity contribution is 7.18. The molecule has 3 heterocycles. The van der Waals surface area contributed by atoms with Crippen LogP contribution >= 0.6 is 11.3 Å². The van der Waals surface area contributed by atoms with Crippen LogP contribution in [0, 0.1) is 0 Å². The number of morpholine rings is 1. The van der Waals surface area contributed by atoms with Crippen LogP contribution in [0.4, 0.5) is 5.82 Å². The molecule has 0 saturated carbocycles. The van der Waals surface area contributed by atoms with Crippen LogP contribution in [0.15, 0.2) is 12.4 Å². The third kappa shape index (κ3) is 3.02. The van der Waals surface area contributed by atoms with Gasteiger partial charge in [-0.05, 0) is 19.0 Å². The number of aromatic nitrogens is 2. The summed E-state index contributed by atoms with van der Waals surface area (Å²) in [6, 6.07) is 2.58. The number of fused-ring (bicyclic) bond motifs is 1. The summed E-state index contributed by atoms with van der Waals surface area (Å²) in [6.07, 6.45) is 2.73. The van der Waals surface area contributed by atoms with E-state index in [1.165, 1.54) is 10.3 Å². The highest BCUT2D eigenvalue weighted by atomic mass is 32.1. The van der Waals surface area contributed by atoms with Gasteiger partial charge in [0.25, 0.3) is 0 Å². The molecule has 1 fully saturated rings. The maximum absolute atomic E-state index is 5.65. The Morgan fingerprint density at radius 2 is 2.33 bits per heavy atom. The van der Waals surface area contributed by atoms with Crippen LogP contribution in [0.3, 0.4) is 0 Å². The van der Waals surface area contributed by atoms with E-state index in [1.54, 1.807) is 17.7 Å². The molecule has 114 valence electrons. The van der Waals surface area contributed by atoms with Gasteiger partial charge in [-0.25, -0.2) is 9.97 Å². The van der Waals surface area contributed by atoms with Crippen molar-refractivity contribution in [3.63, 3.8) is 0 Å². The Kier molecular flexibility index (Phi) is 4.67. The Morgan fingerprint density at radius 1 is 1.43 bits per heavy atom. The molecule has 0 aliphatic carbocycles. The van der Waals surface area contributed by atoms with E-state index in [2.05, 4.69) is 40.1 Å². The molecule has 1 N–H and O–H groups in total. The quantitative estimate of drug-likeness (QED) is 0.916. The first-order chi connectivity index (χ1) is 10.3. The van der Waals surface area contributed by atoms with Gasteiger partial charge in [-0.3, -0.25) is 0 Å². The zero-order valence-electron chi connectivity index (χ0n) is 12.6. The second kappa shape index (κ2) is 6.68. The van der Waals surface area contributed by atoms with Crippen LogP contribution in [-0.4, -0.2) is 48.9 Å². The third-order valence-electron chi connectivity index (χ3n) is 3.84. The Balaban J connectivity index is 1.94. The van der Waals surface area contributed by atoms with Crippen LogP contribution in [0.1, 0.15) is 18.7 Å². The zero-order valence-corrected chi connectivity index (χ0v) is 13.4. The number of aryl methyl sites for hydroxylation is 1. The first-order valence-electron chi connectivity index (χ1n) is 7.62. The minimum atomic E-state index is 0.335. The van der Waals surface area contributed by atoms with E-state index in [9.17, 15) is 0 Å². The number of likely N-dealkylation sites (N-methyl/N-ethyl adjacent to an activating group) is 1. The van der Waals surface area contributed by atoms with Crippen molar-refractivity contribution in [2.24, 2.45) is 0 Å². The molecule has 2 aromatic rings. The monoisotopic (exact) mass is 306 g/mol. The van der Waals surface area contributed by atoms with Gasteiger partial charge < -0.3 is 15.0 Å². The van der Waals surface area contributed by atoms with Crippen LogP contribution < -0.4 is 10.2 Å². The summed E-state index contributed by atoms with van der Waals surface area (Å²) < 4.78 is 5.65. The molecule has 5 nitrogen and oxygen atoms in total. The van der Waals surface area contributed by atoms with Gasteiger partial charge in [0.15, 0.2) is 0 Å². The molecule has 0 aromatic carbocycles. The number of nitrogens with one attached hydrogen (secondary N) is 1. The maximum atomic E-state index is 5.65. The fraction of sp³-hybridized carbons (Fsp3) is 0.600. The molecule has 1 saturated heterocycles. The first kappa shape index (κ1) is 14.7. The summed E-state index contributed by atoms with van der Waals surface area (Å²) in [7, 11) is 0. The van der Waals surface area contributed by atoms with Crippen LogP contribution in [-0.2, 0) is 11.2 Å². The lowest BCUT2D eigenvalue weighted by molar-refractivity contribution is 0.0936. The van der Waals surface area contributed by atoms with Crippen LogP contribution in [0.2, 0.25) is 0 Å². The molecule has 1 aliphatic heterocycles. The highest BCUT2D eigenvalue weighted by Crippen LogP contribution is 2.31. The van der Waals surface area contributed by atoms with Crippen molar-refractivity contribution in [3.8, 4) is 0 Å². The van der Waals surface area contributed by atoms with Gasteiger partial charge in [-0.1, -0.05) is 13.8 Å². The molecule has 1 atom stereocenters. The fourth-order valence-electron chi connectivity index (χ4n) is 2.71. The first-order valence-corrected chi connectivity index (χ1v) is 8.43. The van der Waals surface area contributed by atoms with Gasteiger partial charge in [0.1, 0.15) is 17.0 Å². The van der Waals surface area contributed by atoms with Gasteiger partial charge in [0.05, 0.1) is 24.6 Å². The third-order valence-corrected chi connectivity index (χ3v) is 5.02. The largest absolute Gasteiger partial charge is 0.377 e. The minimum Gasteiger partial charge on any atom is -0.377 e. The second-order valence-corrected chi connectivity index (χ2v) is 6.33. The average molecular weight is 306 g/mol. The van der Waals surface area contributed by atoms with E-state index in [0.29, 0.717) is 6.04 Å². The number of hydrogen-bond donors (Lipinski definition) is 1. The van der Waals surface area contributed by atoms with Gasteiger partial charge in [0, 0.05) is 18.0 Å². The summed E-state index contributed by atoms with van der Waals surface area (Å²) in [4.78, 5) is 13.8. The molecule has 0 radical (unpaired) electrons. The topological polar surface area (TPSA) is 50.3 Å². The summed E-state index contributed by atoms with van der Waals surface area (Å²) in [5, 5.41) is 4.60. The Hall–Kier alpha value is -1.24. The number of ether oxygens (including phenoxy) is 1. The predicted octanol–water partition coefficient (Wildman–Crippen LogP) is 2.07. The second-order valence-electron chi connectivity index (χ2n) is 5.21. The van der Waals surface area contributed by atoms with Crippen molar-refractivity contribution in [1.82, 2.24) is 15.3 Å². The molecule has 21 heavy (non-hydrogen) atoms. The van der Waals surface area contributed by atoms with Gasteiger partial charge >= 0.3 is 0 Å². The minimum absolute atomic E-state index is 0.335. The van der Waals surface area contributed by atoms with E-state index in [0.717, 1.165) is 49.9 Å². The van der Waals surface area contributed by atoms with Crippen molar-refractivity contribution >= 4 is 27.4 Å². The Labute approximate surface area is 129 Å². The maximum Gasteiger partial charge on any atom is 0.141 e. The molecular weight excluding hydrogens is 284 g/mol. The van der Waals surface area contributed by atoms with Gasteiger partial charge in [-0.15, -0.1) is 11.3 Å². The summed E-state index contributed by atoms with van der Waals surface area (Å²) in [5.74, 6) is 1.06.